The molecule has 0 radical (unpaired) electrons. The number of hydrogen-bond donors (Lipinski definition) is 2. The Balaban J connectivity index is 1.18. The fourth-order valence-electron chi connectivity index (χ4n) is 5.78. The quantitative estimate of drug-likeness (QED) is 0.489. The Labute approximate surface area is 227 Å². The van der Waals surface area contributed by atoms with Gasteiger partial charge < -0.3 is 20.3 Å². The summed E-state index contributed by atoms with van der Waals surface area (Å²) < 4.78 is 6.59. The Hall–Kier alpha value is -3.98. The first-order valence-electron chi connectivity index (χ1n) is 13.7. The molecule has 6 rings (SSSR count). The van der Waals surface area contributed by atoms with Crippen LogP contribution in [0.25, 0.3) is 11.0 Å². The summed E-state index contributed by atoms with van der Waals surface area (Å²) in [7, 11) is 3.30. The summed E-state index contributed by atoms with van der Waals surface area (Å²) in [4.78, 5) is 30.6. The molecule has 2 N–H and O–H groups in total. The van der Waals surface area contributed by atoms with Gasteiger partial charge in [-0.2, -0.15) is 15.3 Å². The highest BCUT2D eigenvalue weighted by molar-refractivity contribution is 5.87. The molecule has 2 saturated carbocycles. The van der Waals surface area contributed by atoms with Crippen LogP contribution in [0.5, 0.6) is 0 Å². The molecule has 2 aliphatic carbocycles. The third-order valence-corrected chi connectivity index (χ3v) is 8.26. The Morgan fingerprint density at radius 2 is 1.87 bits per heavy atom. The van der Waals surface area contributed by atoms with Crippen LogP contribution in [-0.4, -0.2) is 86.0 Å². The minimum atomic E-state index is -0.478. The largest absolute Gasteiger partial charge is 0.453 e. The lowest BCUT2D eigenvalue weighted by Crippen LogP contribution is -2.53. The van der Waals surface area contributed by atoms with Gasteiger partial charge in [-0.25, -0.2) is 14.8 Å². The fraction of sp³-hybridized carbons (Fsp3) is 0.556. The third kappa shape index (κ3) is 5.18. The SMILES string of the molecule is COC(=O)N1CCN(C2CCC(Nc3nc(Nc4cnn(C)c4)nc4ccc(C5(C#N)CC5)nc34)CC2)CC1. The molecule has 39 heavy (non-hydrogen) atoms. The van der Waals surface area contributed by atoms with Gasteiger partial charge in [0.15, 0.2) is 5.82 Å². The van der Waals surface area contributed by atoms with Crippen LogP contribution in [0.1, 0.15) is 44.2 Å². The van der Waals surface area contributed by atoms with Crippen LogP contribution in [0.4, 0.5) is 22.2 Å². The van der Waals surface area contributed by atoms with Gasteiger partial charge in [-0.3, -0.25) is 9.58 Å². The molecule has 3 fully saturated rings. The molecule has 0 atom stereocenters. The maximum Gasteiger partial charge on any atom is 0.409 e. The summed E-state index contributed by atoms with van der Waals surface area (Å²) in [6.45, 7) is 3.18. The molecule has 3 aliphatic rings. The van der Waals surface area contributed by atoms with Gasteiger partial charge in [0, 0.05) is 51.5 Å². The molecule has 3 aromatic rings. The minimum absolute atomic E-state index is 0.240. The molecule has 0 bridgehead atoms. The highest BCUT2D eigenvalue weighted by atomic mass is 16.5. The molecule has 0 unspecified atom stereocenters. The number of anilines is 3. The normalized spacial score (nSPS) is 22.7. The number of amides is 1. The van der Waals surface area contributed by atoms with E-state index in [-0.39, 0.29) is 12.1 Å². The maximum atomic E-state index is 11.8. The topological polar surface area (TPSA) is 137 Å². The zero-order chi connectivity index (χ0) is 27.0. The molecule has 1 saturated heterocycles. The van der Waals surface area contributed by atoms with Crippen molar-refractivity contribution >= 4 is 34.6 Å². The Kier molecular flexibility index (Phi) is 6.68. The van der Waals surface area contributed by atoms with Gasteiger partial charge in [0.05, 0.1) is 41.7 Å². The number of nitriles is 1. The zero-order valence-corrected chi connectivity index (χ0v) is 22.4. The van der Waals surface area contributed by atoms with Crippen molar-refractivity contribution in [2.45, 2.75) is 56.0 Å². The van der Waals surface area contributed by atoms with Gasteiger partial charge >= 0.3 is 6.09 Å². The van der Waals surface area contributed by atoms with E-state index in [1.54, 1.807) is 15.8 Å². The molecule has 204 valence electrons. The number of aryl methyl sites for hydroxylation is 1. The van der Waals surface area contributed by atoms with Crippen LogP contribution in [0.3, 0.4) is 0 Å². The second kappa shape index (κ2) is 10.3. The summed E-state index contributed by atoms with van der Waals surface area (Å²) in [6, 6.07) is 7.10. The molecule has 4 heterocycles. The number of carbonyl (C=O) groups is 1. The predicted molar refractivity (Wildman–Crippen MR) is 146 cm³/mol. The summed E-state index contributed by atoms with van der Waals surface area (Å²) in [5, 5.41) is 20.9. The van der Waals surface area contributed by atoms with Gasteiger partial charge in [0.1, 0.15) is 5.52 Å². The second-order valence-corrected chi connectivity index (χ2v) is 10.8. The number of piperazine rings is 1. The molecule has 0 spiro atoms. The highest BCUT2D eigenvalue weighted by Gasteiger charge is 2.46. The van der Waals surface area contributed by atoms with Gasteiger partial charge in [-0.05, 0) is 50.7 Å². The smallest absolute Gasteiger partial charge is 0.409 e. The summed E-state index contributed by atoms with van der Waals surface area (Å²) in [5.74, 6) is 1.17. The van der Waals surface area contributed by atoms with Crippen LogP contribution in [0, 0.1) is 11.3 Å². The Bertz CT molecular complexity index is 1400. The van der Waals surface area contributed by atoms with E-state index >= 15 is 0 Å². The fourth-order valence-corrected chi connectivity index (χ4v) is 5.78. The van der Waals surface area contributed by atoms with Crippen molar-refractivity contribution < 1.29 is 9.53 Å². The highest BCUT2D eigenvalue weighted by Crippen LogP contribution is 2.47. The number of rotatable bonds is 6. The number of carbonyl (C=O) groups excluding carboxylic acids is 1. The number of aromatic nitrogens is 5. The van der Waals surface area contributed by atoms with Crippen LogP contribution in [0.2, 0.25) is 0 Å². The van der Waals surface area contributed by atoms with E-state index in [4.69, 9.17) is 19.7 Å². The van der Waals surface area contributed by atoms with E-state index in [0.717, 1.165) is 68.5 Å². The number of ether oxygens (including phenoxy) is 1. The van der Waals surface area contributed by atoms with Crippen molar-refractivity contribution in [3.05, 3.63) is 30.2 Å². The first-order valence-corrected chi connectivity index (χ1v) is 13.7. The van der Waals surface area contributed by atoms with Crippen LogP contribution in [-0.2, 0) is 17.2 Å². The first-order chi connectivity index (χ1) is 19.0. The van der Waals surface area contributed by atoms with Crippen molar-refractivity contribution in [1.82, 2.24) is 34.5 Å². The van der Waals surface area contributed by atoms with Crippen molar-refractivity contribution in [3.8, 4) is 6.07 Å². The van der Waals surface area contributed by atoms with E-state index in [9.17, 15) is 10.1 Å². The van der Waals surface area contributed by atoms with Crippen molar-refractivity contribution in [2.75, 3.05) is 43.9 Å². The van der Waals surface area contributed by atoms with Crippen LogP contribution < -0.4 is 10.6 Å². The molecule has 0 aromatic carbocycles. The monoisotopic (exact) mass is 530 g/mol. The summed E-state index contributed by atoms with van der Waals surface area (Å²) in [5.41, 5.74) is 2.56. The van der Waals surface area contributed by atoms with Gasteiger partial charge in [-0.15, -0.1) is 0 Å². The average molecular weight is 531 g/mol. The minimum Gasteiger partial charge on any atom is -0.453 e. The number of pyridine rings is 1. The van der Waals surface area contributed by atoms with Crippen LogP contribution in [0.15, 0.2) is 24.5 Å². The van der Waals surface area contributed by atoms with Crippen LogP contribution >= 0.6 is 0 Å². The van der Waals surface area contributed by atoms with Gasteiger partial charge in [-0.1, -0.05) is 0 Å². The van der Waals surface area contributed by atoms with Crippen molar-refractivity contribution in [2.24, 2.45) is 7.05 Å². The molecule has 3 aromatic heterocycles. The third-order valence-electron chi connectivity index (χ3n) is 8.26. The number of fused-ring (bicyclic) bond motifs is 1. The molecule has 1 aliphatic heterocycles. The second-order valence-electron chi connectivity index (χ2n) is 10.8. The molecule has 1 amide bonds. The average Bonchev–Trinajstić information content (AvgIpc) is 3.67. The van der Waals surface area contributed by atoms with Crippen molar-refractivity contribution in [1.29, 1.82) is 5.26 Å². The van der Waals surface area contributed by atoms with E-state index in [1.165, 1.54) is 7.11 Å². The maximum absolute atomic E-state index is 11.8. The lowest BCUT2D eigenvalue weighted by atomic mass is 9.89. The Morgan fingerprint density at radius 1 is 1.10 bits per heavy atom. The summed E-state index contributed by atoms with van der Waals surface area (Å²) in [6.07, 6.45) is 9.23. The van der Waals surface area contributed by atoms with E-state index in [1.807, 2.05) is 25.4 Å². The number of nitrogens with one attached hydrogen (secondary N) is 2. The molecule has 12 nitrogen and oxygen atoms in total. The number of nitrogens with zero attached hydrogens (tertiary/aromatic N) is 8. The lowest BCUT2D eigenvalue weighted by molar-refractivity contribution is 0.0642. The molecular formula is C27H34N10O2. The van der Waals surface area contributed by atoms with E-state index in [0.29, 0.717) is 36.4 Å². The zero-order valence-electron chi connectivity index (χ0n) is 22.4. The number of methoxy groups -OCH3 is 1. The first kappa shape index (κ1) is 25.3. The standard InChI is InChI=1S/C27H34N10O2/c1-35-16-19(15-29-35)31-25-32-21-7-8-22(27(17-28)9-10-27)33-23(21)24(34-25)30-18-3-5-20(6-4-18)36-11-13-37(14-12-36)26(38)39-2/h7-8,15-16,18,20H,3-6,9-14H2,1-2H3,(H2,30,31,32,34). The van der Waals surface area contributed by atoms with E-state index < -0.39 is 5.41 Å². The number of hydrogen-bond acceptors (Lipinski definition) is 10. The lowest BCUT2D eigenvalue weighted by Gasteiger charge is -2.41. The Morgan fingerprint density at radius 3 is 2.51 bits per heavy atom. The molecule has 12 heteroatoms. The molecular weight excluding hydrogens is 496 g/mol. The summed E-state index contributed by atoms with van der Waals surface area (Å²) >= 11 is 0. The van der Waals surface area contributed by atoms with Crippen molar-refractivity contribution in [3.63, 3.8) is 0 Å². The predicted octanol–water partition coefficient (Wildman–Crippen LogP) is 3.16. The van der Waals surface area contributed by atoms with E-state index in [2.05, 4.69) is 26.7 Å². The van der Waals surface area contributed by atoms with Gasteiger partial charge in [0.25, 0.3) is 0 Å². The van der Waals surface area contributed by atoms with Gasteiger partial charge in [0.2, 0.25) is 5.95 Å².